The molecular weight excluding hydrogens is 301 g/mol. The van der Waals surface area contributed by atoms with E-state index < -0.39 is 0 Å². The van der Waals surface area contributed by atoms with Crippen molar-refractivity contribution in [3.8, 4) is 0 Å². The van der Waals surface area contributed by atoms with Gasteiger partial charge in [0.05, 0.1) is 6.10 Å². The molecule has 2 rings (SSSR count). The summed E-state index contributed by atoms with van der Waals surface area (Å²) < 4.78 is 19.3. The van der Waals surface area contributed by atoms with Crippen LogP contribution in [0, 0.1) is 5.82 Å². The summed E-state index contributed by atoms with van der Waals surface area (Å²) >= 11 is 0. The Morgan fingerprint density at radius 1 is 0.958 bits per heavy atom. The smallest absolute Gasteiger partial charge is 0.123 e. The second kappa shape index (κ2) is 10.2. The standard InChI is InChI=1S/C21H28FNO/c1-23(2)16-7-17-24-21(19-12-14-20(22)15-13-19)11-6-10-18-8-4-3-5-9-18/h3-5,8-9,12-15,21H,6-7,10-11,16-17H2,1-2H3. The van der Waals surface area contributed by atoms with Gasteiger partial charge in [0.25, 0.3) is 0 Å². The Labute approximate surface area is 145 Å². The monoisotopic (exact) mass is 329 g/mol. The van der Waals surface area contributed by atoms with Crippen LogP contribution in [0.1, 0.15) is 36.5 Å². The van der Waals surface area contributed by atoms with Crippen molar-refractivity contribution in [2.45, 2.75) is 31.8 Å². The molecule has 2 aromatic rings. The molecule has 0 N–H and O–H groups in total. The highest BCUT2D eigenvalue weighted by Gasteiger charge is 2.12. The van der Waals surface area contributed by atoms with Crippen LogP contribution in [0.5, 0.6) is 0 Å². The number of halogens is 1. The van der Waals surface area contributed by atoms with Crippen molar-refractivity contribution in [3.05, 3.63) is 71.5 Å². The van der Waals surface area contributed by atoms with Gasteiger partial charge < -0.3 is 9.64 Å². The van der Waals surface area contributed by atoms with E-state index in [1.807, 2.05) is 18.2 Å². The number of ether oxygens (including phenoxy) is 1. The van der Waals surface area contributed by atoms with Gasteiger partial charge in [-0.25, -0.2) is 4.39 Å². The molecule has 0 aliphatic rings. The van der Waals surface area contributed by atoms with Crippen LogP contribution in [0.4, 0.5) is 4.39 Å². The van der Waals surface area contributed by atoms with E-state index >= 15 is 0 Å². The van der Waals surface area contributed by atoms with Crippen molar-refractivity contribution < 1.29 is 9.13 Å². The lowest BCUT2D eigenvalue weighted by atomic mass is 10.0. The fraction of sp³-hybridized carbons (Fsp3) is 0.429. The fourth-order valence-electron chi connectivity index (χ4n) is 2.77. The molecule has 0 heterocycles. The second-order valence-electron chi connectivity index (χ2n) is 6.45. The summed E-state index contributed by atoms with van der Waals surface area (Å²) in [7, 11) is 4.13. The lowest BCUT2D eigenvalue weighted by Crippen LogP contribution is -2.16. The quantitative estimate of drug-likeness (QED) is 0.577. The Balaban J connectivity index is 1.87. The van der Waals surface area contributed by atoms with E-state index in [1.54, 1.807) is 0 Å². The average molecular weight is 329 g/mol. The van der Waals surface area contributed by atoms with Crippen LogP contribution in [0.3, 0.4) is 0 Å². The molecule has 0 saturated heterocycles. The number of hydrogen-bond donors (Lipinski definition) is 0. The zero-order chi connectivity index (χ0) is 17.2. The maximum absolute atomic E-state index is 13.2. The lowest BCUT2D eigenvalue weighted by molar-refractivity contribution is 0.0410. The van der Waals surface area contributed by atoms with Gasteiger partial charge in [0.2, 0.25) is 0 Å². The van der Waals surface area contributed by atoms with Crippen LogP contribution in [0.2, 0.25) is 0 Å². The zero-order valence-electron chi connectivity index (χ0n) is 14.7. The number of aryl methyl sites for hydroxylation is 1. The van der Waals surface area contributed by atoms with Gasteiger partial charge in [-0.15, -0.1) is 0 Å². The van der Waals surface area contributed by atoms with Gasteiger partial charge in [-0.1, -0.05) is 42.5 Å². The van der Waals surface area contributed by atoms with Crippen LogP contribution < -0.4 is 0 Å². The van der Waals surface area contributed by atoms with E-state index in [4.69, 9.17) is 4.74 Å². The Kier molecular flexibility index (Phi) is 7.93. The van der Waals surface area contributed by atoms with Gasteiger partial charge in [0.1, 0.15) is 5.82 Å². The van der Waals surface area contributed by atoms with E-state index in [1.165, 1.54) is 17.7 Å². The molecule has 2 nitrogen and oxygen atoms in total. The van der Waals surface area contributed by atoms with Crippen molar-refractivity contribution in [2.75, 3.05) is 27.2 Å². The first-order valence-corrected chi connectivity index (χ1v) is 8.71. The molecule has 130 valence electrons. The summed E-state index contributed by atoms with van der Waals surface area (Å²) in [4.78, 5) is 2.16. The SMILES string of the molecule is CN(C)CCCOC(CCCc1ccccc1)c1ccc(F)cc1. The van der Waals surface area contributed by atoms with Crippen LogP contribution in [-0.2, 0) is 11.2 Å². The van der Waals surface area contributed by atoms with Gasteiger partial charge >= 0.3 is 0 Å². The Morgan fingerprint density at radius 2 is 1.67 bits per heavy atom. The van der Waals surface area contributed by atoms with Gasteiger partial charge in [-0.2, -0.15) is 0 Å². The van der Waals surface area contributed by atoms with E-state index in [0.29, 0.717) is 0 Å². The third-order valence-corrected chi connectivity index (χ3v) is 4.09. The summed E-state index contributed by atoms with van der Waals surface area (Å²) in [5.74, 6) is -0.200. The van der Waals surface area contributed by atoms with Crippen molar-refractivity contribution in [2.24, 2.45) is 0 Å². The normalized spacial score (nSPS) is 12.5. The van der Waals surface area contributed by atoms with Crippen molar-refractivity contribution >= 4 is 0 Å². The molecule has 2 aromatic carbocycles. The van der Waals surface area contributed by atoms with Crippen LogP contribution in [-0.4, -0.2) is 32.1 Å². The number of hydrogen-bond acceptors (Lipinski definition) is 2. The van der Waals surface area contributed by atoms with E-state index in [2.05, 4.69) is 43.3 Å². The van der Waals surface area contributed by atoms with Crippen LogP contribution >= 0.6 is 0 Å². The maximum atomic E-state index is 13.2. The molecular formula is C21H28FNO. The van der Waals surface area contributed by atoms with E-state index in [9.17, 15) is 4.39 Å². The third-order valence-electron chi connectivity index (χ3n) is 4.09. The maximum Gasteiger partial charge on any atom is 0.123 e. The fourth-order valence-corrected chi connectivity index (χ4v) is 2.77. The zero-order valence-corrected chi connectivity index (χ0v) is 14.7. The summed E-state index contributed by atoms with van der Waals surface area (Å²) in [5.41, 5.74) is 2.41. The number of benzene rings is 2. The van der Waals surface area contributed by atoms with Gasteiger partial charge in [-0.3, -0.25) is 0 Å². The summed E-state index contributed by atoms with van der Waals surface area (Å²) in [6, 6.07) is 17.2. The number of rotatable bonds is 10. The molecule has 0 amide bonds. The second-order valence-corrected chi connectivity index (χ2v) is 6.45. The highest BCUT2D eigenvalue weighted by molar-refractivity contribution is 5.19. The molecule has 24 heavy (non-hydrogen) atoms. The van der Waals surface area contributed by atoms with E-state index in [0.717, 1.165) is 44.4 Å². The van der Waals surface area contributed by atoms with Crippen molar-refractivity contribution in [1.82, 2.24) is 4.90 Å². The molecule has 0 spiro atoms. The Hall–Kier alpha value is -1.71. The highest BCUT2D eigenvalue weighted by Crippen LogP contribution is 2.24. The minimum Gasteiger partial charge on any atom is -0.373 e. The Bertz CT molecular complexity index is 568. The molecule has 0 aromatic heterocycles. The van der Waals surface area contributed by atoms with Gasteiger partial charge in [-0.05, 0) is 69.6 Å². The molecule has 1 unspecified atom stereocenters. The van der Waals surface area contributed by atoms with Crippen LogP contribution in [0.15, 0.2) is 54.6 Å². The first-order chi connectivity index (χ1) is 11.6. The lowest BCUT2D eigenvalue weighted by Gasteiger charge is -2.19. The minimum absolute atomic E-state index is 0.0384. The van der Waals surface area contributed by atoms with Crippen molar-refractivity contribution in [3.63, 3.8) is 0 Å². The van der Waals surface area contributed by atoms with Crippen LogP contribution in [0.25, 0.3) is 0 Å². The molecule has 0 saturated carbocycles. The summed E-state index contributed by atoms with van der Waals surface area (Å²) in [6.07, 6.45) is 4.09. The average Bonchev–Trinajstić information content (AvgIpc) is 2.58. The number of nitrogens with zero attached hydrogens (tertiary/aromatic N) is 1. The molecule has 0 radical (unpaired) electrons. The third kappa shape index (κ3) is 6.81. The predicted molar refractivity (Wildman–Crippen MR) is 97.6 cm³/mol. The van der Waals surface area contributed by atoms with Crippen molar-refractivity contribution in [1.29, 1.82) is 0 Å². The summed E-state index contributed by atoms with van der Waals surface area (Å²) in [5, 5.41) is 0. The molecule has 0 aliphatic heterocycles. The minimum atomic E-state index is -0.200. The molecule has 0 aliphatic carbocycles. The topological polar surface area (TPSA) is 12.5 Å². The predicted octanol–water partition coefficient (Wildman–Crippen LogP) is 4.86. The largest absolute Gasteiger partial charge is 0.373 e. The summed E-state index contributed by atoms with van der Waals surface area (Å²) in [6.45, 7) is 1.74. The first-order valence-electron chi connectivity index (χ1n) is 8.71. The molecule has 1 atom stereocenters. The Morgan fingerprint density at radius 3 is 2.33 bits per heavy atom. The van der Waals surface area contributed by atoms with E-state index in [-0.39, 0.29) is 11.9 Å². The molecule has 0 bridgehead atoms. The molecule has 0 fully saturated rings. The van der Waals surface area contributed by atoms with Gasteiger partial charge in [0.15, 0.2) is 0 Å². The molecule has 3 heteroatoms. The highest BCUT2D eigenvalue weighted by atomic mass is 19.1. The van der Waals surface area contributed by atoms with Gasteiger partial charge in [0, 0.05) is 6.61 Å². The first kappa shape index (κ1) is 18.6.